The van der Waals surface area contributed by atoms with Gasteiger partial charge in [0.2, 0.25) is 11.8 Å². The molecule has 0 saturated carbocycles. The van der Waals surface area contributed by atoms with E-state index in [1.165, 1.54) is 6.92 Å². The number of nitrogens with one attached hydrogen (secondary N) is 3. The minimum absolute atomic E-state index is 0.129. The predicted octanol–water partition coefficient (Wildman–Crippen LogP) is 2.37. The first-order chi connectivity index (χ1) is 10.6. The summed E-state index contributed by atoms with van der Waals surface area (Å²) in [5.41, 5.74) is 2.43. The van der Waals surface area contributed by atoms with E-state index in [2.05, 4.69) is 16.0 Å². The number of anilines is 2. The molecule has 2 rings (SSSR count). The molecule has 0 radical (unpaired) electrons. The lowest BCUT2D eigenvalue weighted by Gasteiger charge is -2.08. The number of benzene rings is 2. The van der Waals surface area contributed by atoms with Gasteiger partial charge in [-0.05, 0) is 23.8 Å². The van der Waals surface area contributed by atoms with Gasteiger partial charge in [0, 0.05) is 24.8 Å². The second-order valence-corrected chi connectivity index (χ2v) is 4.90. The monoisotopic (exact) mass is 297 g/mol. The Bertz CT molecular complexity index is 641. The van der Waals surface area contributed by atoms with Crippen LogP contribution >= 0.6 is 0 Å². The molecular formula is C17H19N3O2. The highest BCUT2D eigenvalue weighted by atomic mass is 16.2. The molecule has 0 unspecified atom stereocenters. The zero-order valence-corrected chi connectivity index (χ0v) is 12.4. The molecule has 3 N–H and O–H groups in total. The Morgan fingerprint density at radius 1 is 0.909 bits per heavy atom. The molecule has 0 bridgehead atoms. The summed E-state index contributed by atoms with van der Waals surface area (Å²) in [5, 5.41) is 8.55. The fourth-order valence-electron chi connectivity index (χ4n) is 2.00. The molecule has 0 saturated heterocycles. The van der Waals surface area contributed by atoms with Crippen LogP contribution in [0, 0.1) is 0 Å². The Hall–Kier alpha value is -2.66. The molecule has 0 aliphatic heterocycles. The third kappa shape index (κ3) is 5.38. The summed E-state index contributed by atoms with van der Waals surface area (Å²) in [5.74, 6) is -0.274. The maximum Gasteiger partial charge on any atom is 0.238 e. The number of rotatable bonds is 6. The Labute approximate surface area is 129 Å². The van der Waals surface area contributed by atoms with Crippen molar-refractivity contribution in [3.63, 3.8) is 0 Å². The molecule has 0 aromatic heterocycles. The summed E-state index contributed by atoms with van der Waals surface area (Å²) < 4.78 is 0. The molecule has 2 aromatic carbocycles. The molecule has 0 fully saturated rings. The van der Waals surface area contributed by atoms with Crippen LogP contribution in [0.1, 0.15) is 12.5 Å². The van der Waals surface area contributed by atoms with Crippen LogP contribution in [-0.4, -0.2) is 18.4 Å². The van der Waals surface area contributed by atoms with Crippen LogP contribution in [0.25, 0.3) is 0 Å². The van der Waals surface area contributed by atoms with E-state index in [0.29, 0.717) is 17.9 Å². The van der Waals surface area contributed by atoms with Crippen molar-refractivity contribution in [2.24, 2.45) is 0 Å². The van der Waals surface area contributed by atoms with E-state index in [9.17, 15) is 9.59 Å². The third-order valence-corrected chi connectivity index (χ3v) is 2.92. The van der Waals surface area contributed by atoms with E-state index in [4.69, 9.17) is 0 Å². The minimum Gasteiger partial charge on any atom is -0.326 e. The van der Waals surface area contributed by atoms with Crippen molar-refractivity contribution >= 4 is 23.2 Å². The normalized spacial score (nSPS) is 10.0. The van der Waals surface area contributed by atoms with Crippen LogP contribution in [0.15, 0.2) is 54.6 Å². The molecule has 0 atom stereocenters. The van der Waals surface area contributed by atoms with Gasteiger partial charge in [0.25, 0.3) is 0 Å². The van der Waals surface area contributed by atoms with Gasteiger partial charge in [-0.2, -0.15) is 0 Å². The molecule has 0 spiro atoms. The van der Waals surface area contributed by atoms with Gasteiger partial charge in [-0.15, -0.1) is 0 Å². The standard InChI is InChI=1S/C17H19N3O2/c1-13(21)19-15-8-5-9-16(10-15)20-17(22)12-18-11-14-6-3-2-4-7-14/h2-10,18H,11-12H2,1H3,(H,19,21)(H,20,22). The number of amides is 2. The maximum atomic E-state index is 11.9. The van der Waals surface area contributed by atoms with Crippen molar-refractivity contribution in [1.29, 1.82) is 0 Å². The summed E-state index contributed by atoms with van der Waals surface area (Å²) in [7, 11) is 0. The average molecular weight is 297 g/mol. The predicted molar refractivity (Wildman–Crippen MR) is 87.5 cm³/mol. The second-order valence-electron chi connectivity index (χ2n) is 4.90. The van der Waals surface area contributed by atoms with Crippen molar-refractivity contribution in [2.75, 3.05) is 17.2 Å². The smallest absolute Gasteiger partial charge is 0.238 e. The van der Waals surface area contributed by atoms with Crippen LogP contribution in [0.2, 0.25) is 0 Å². The Morgan fingerprint density at radius 3 is 2.27 bits per heavy atom. The summed E-state index contributed by atoms with van der Waals surface area (Å²) >= 11 is 0. The second kappa shape index (κ2) is 7.95. The van der Waals surface area contributed by atoms with Gasteiger partial charge >= 0.3 is 0 Å². The quantitative estimate of drug-likeness (QED) is 0.766. The van der Waals surface area contributed by atoms with Crippen LogP contribution in [0.3, 0.4) is 0 Å². The Balaban J connectivity index is 1.80. The highest BCUT2D eigenvalue weighted by molar-refractivity contribution is 5.94. The third-order valence-electron chi connectivity index (χ3n) is 2.92. The summed E-state index contributed by atoms with van der Waals surface area (Å²) in [6.07, 6.45) is 0. The van der Waals surface area contributed by atoms with E-state index < -0.39 is 0 Å². The first-order valence-corrected chi connectivity index (χ1v) is 7.05. The molecule has 0 aliphatic rings. The molecule has 114 valence electrons. The molecule has 22 heavy (non-hydrogen) atoms. The first kappa shape index (κ1) is 15.7. The molecule has 0 aliphatic carbocycles. The molecule has 2 aromatic rings. The van der Waals surface area contributed by atoms with E-state index >= 15 is 0 Å². The topological polar surface area (TPSA) is 70.2 Å². The van der Waals surface area contributed by atoms with E-state index in [-0.39, 0.29) is 18.4 Å². The van der Waals surface area contributed by atoms with Gasteiger partial charge in [0.05, 0.1) is 6.54 Å². The number of hydrogen-bond acceptors (Lipinski definition) is 3. The first-order valence-electron chi connectivity index (χ1n) is 7.05. The SMILES string of the molecule is CC(=O)Nc1cccc(NC(=O)CNCc2ccccc2)c1. The van der Waals surface area contributed by atoms with E-state index in [1.807, 2.05) is 30.3 Å². The molecule has 2 amide bonds. The van der Waals surface area contributed by atoms with Gasteiger partial charge in [0.15, 0.2) is 0 Å². The van der Waals surface area contributed by atoms with Gasteiger partial charge in [-0.3, -0.25) is 9.59 Å². The van der Waals surface area contributed by atoms with Crippen LogP contribution in [-0.2, 0) is 16.1 Å². The van der Waals surface area contributed by atoms with Gasteiger partial charge < -0.3 is 16.0 Å². The highest BCUT2D eigenvalue weighted by Crippen LogP contribution is 2.14. The van der Waals surface area contributed by atoms with Crippen molar-refractivity contribution in [1.82, 2.24) is 5.32 Å². The Kier molecular flexibility index (Phi) is 5.68. The van der Waals surface area contributed by atoms with Gasteiger partial charge in [-0.25, -0.2) is 0 Å². The number of carbonyl (C=O) groups excluding carboxylic acids is 2. The average Bonchev–Trinajstić information content (AvgIpc) is 2.48. The maximum absolute atomic E-state index is 11.9. The lowest BCUT2D eigenvalue weighted by atomic mass is 10.2. The summed E-state index contributed by atoms with van der Waals surface area (Å²) in [4.78, 5) is 22.9. The van der Waals surface area contributed by atoms with E-state index in [0.717, 1.165) is 5.56 Å². The van der Waals surface area contributed by atoms with Crippen molar-refractivity contribution in [3.8, 4) is 0 Å². The zero-order chi connectivity index (χ0) is 15.8. The fourth-order valence-corrected chi connectivity index (χ4v) is 2.00. The lowest BCUT2D eigenvalue weighted by Crippen LogP contribution is -2.27. The highest BCUT2D eigenvalue weighted by Gasteiger charge is 2.03. The minimum atomic E-state index is -0.145. The fraction of sp³-hybridized carbons (Fsp3) is 0.176. The zero-order valence-electron chi connectivity index (χ0n) is 12.4. The number of hydrogen-bond donors (Lipinski definition) is 3. The Morgan fingerprint density at radius 2 is 1.59 bits per heavy atom. The molecule has 0 heterocycles. The summed E-state index contributed by atoms with van der Waals surface area (Å²) in [6.45, 7) is 2.30. The van der Waals surface area contributed by atoms with Crippen molar-refractivity contribution in [2.45, 2.75) is 13.5 Å². The van der Waals surface area contributed by atoms with Crippen LogP contribution in [0.5, 0.6) is 0 Å². The summed E-state index contributed by atoms with van der Waals surface area (Å²) in [6, 6.07) is 16.9. The largest absolute Gasteiger partial charge is 0.326 e. The van der Waals surface area contributed by atoms with E-state index in [1.54, 1.807) is 24.3 Å². The lowest BCUT2D eigenvalue weighted by molar-refractivity contribution is -0.115. The molecule has 5 nitrogen and oxygen atoms in total. The van der Waals surface area contributed by atoms with Crippen LogP contribution in [0.4, 0.5) is 11.4 Å². The van der Waals surface area contributed by atoms with Gasteiger partial charge in [0.1, 0.15) is 0 Å². The van der Waals surface area contributed by atoms with Crippen molar-refractivity contribution in [3.05, 3.63) is 60.2 Å². The van der Waals surface area contributed by atoms with Crippen molar-refractivity contribution < 1.29 is 9.59 Å². The number of carbonyl (C=O) groups is 2. The molecule has 5 heteroatoms. The molecular weight excluding hydrogens is 278 g/mol. The van der Waals surface area contributed by atoms with Crippen LogP contribution < -0.4 is 16.0 Å². The van der Waals surface area contributed by atoms with Gasteiger partial charge in [-0.1, -0.05) is 36.4 Å².